The van der Waals surface area contributed by atoms with E-state index in [0.717, 1.165) is 6.42 Å². The first-order chi connectivity index (χ1) is 24.5. The van der Waals surface area contributed by atoms with E-state index in [9.17, 15) is 29.7 Å². The molecule has 0 spiro atoms. The van der Waals surface area contributed by atoms with Crippen LogP contribution in [-0.4, -0.2) is 138 Å². The highest BCUT2D eigenvalue weighted by molar-refractivity contribution is 6.31. The number of phenols is 2. The van der Waals surface area contributed by atoms with Gasteiger partial charge in [0.2, 0.25) is 5.78 Å². The van der Waals surface area contributed by atoms with Crippen molar-refractivity contribution in [3.05, 3.63) is 51.6 Å². The van der Waals surface area contributed by atoms with Crippen molar-refractivity contribution in [2.75, 3.05) is 40.5 Å². The number of hydrogen-bond donors (Lipinski definition) is 4. The molecule has 5 aliphatic heterocycles. The quantitative estimate of drug-likeness (QED) is 0.272. The molecule has 5 saturated heterocycles. The van der Waals surface area contributed by atoms with Gasteiger partial charge in [0.1, 0.15) is 29.0 Å². The number of methoxy groups -OCH3 is 2. The summed E-state index contributed by atoms with van der Waals surface area (Å²) in [4.78, 5) is 46.2. The van der Waals surface area contributed by atoms with Gasteiger partial charge in [0.25, 0.3) is 5.91 Å². The molecule has 0 saturated carbocycles. The summed E-state index contributed by atoms with van der Waals surface area (Å²) < 4.78 is 36.0. The third kappa shape index (κ3) is 4.76. The predicted molar refractivity (Wildman–Crippen MR) is 173 cm³/mol. The fourth-order valence-electron chi connectivity index (χ4n) is 9.55. The van der Waals surface area contributed by atoms with E-state index in [0.29, 0.717) is 32.7 Å². The average Bonchev–Trinajstić information content (AvgIpc) is 3.51. The Labute approximate surface area is 293 Å². The zero-order chi connectivity index (χ0) is 35.5. The van der Waals surface area contributed by atoms with Crippen molar-refractivity contribution in [1.82, 2.24) is 15.1 Å². The minimum absolute atomic E-state index is 0.00686. The lowest BCUT2D eigenvalue weighted by Crippen LogP contribution is -2.72. The summed E-state index contributed by atoms with van der Waals surface area (Å²) in [5.74, 6) is -2.91. The van der Waals surface area contributed by atoms with Crippen LogP contribution in [0.1, 0.15) is 75.3 Å². The van der Waals surface area contributed by atoms with Crippen LogP contribution in [0, 0.1) is 0 Å². The smallest absolute Gasteiger partial charge is 0.255 e. The molecule has 2 unspecified atom stereocenters. The zero-order valence-corrected chi connectivity index (χ0v) is 28.5. The molecule has 5 heterocycles. The van der Waals surface area contributed by atoms with E-state index >= 15 is 0 Å². The molecule has 5 fully saturated rings. The van der Waals surface area contributed by atoms with Gasteiger partial charge in [0.15, 0.2) is 24.6 Å². The molecule has 2 aliphatic carbocycles. The predicted octanol–water partition coefficient (Wildman–Crippen LogP) is 0.723. The fraction of sp³-hybridized carbons (Fsp3) is 0.583. The molecule has 10 atom stereocenters. The minimum atomic E-state index is -2.06. The Hall–Kier alpha value is -3.67. The second kappa shape index (κ2) is 11.9. The molecular weight excluding hydrogens is 666 g/mol. The maximum absolute atomic E-state index is 14.3. The van der Waals surface area contributed by atoms with Crippen LogP contribution >= 0.6 is 0 Å². The molecule has 4 N–H and O–H groups in total. The molecule has 51 heavy (non-hydrogen) atoms. The standard InChI is InChI=1S/C36H41N3O12/c1-15-32-20(38-7-8-48-34(47-3)33(38)51-32)10-23(49-15)50-22-12-36(45,35(44)39-16-9-17(39)14-37-13-16)11-19-25(22)31(43)27-26(29(19)41)28(40)18-5-4-6-21(46-2)24(18)30(27)42/h4-6,15-17,20,22-23,32-34,37,41,43,45H,7-14H2,1-3H3/t15-,16?,17?,20-,22-,23-,32+,33+,34-,36-/m0/s1. The summed E-state index contributed by atoms with van der Waals surface area (Å²) in [6.07, 6.45) is -3.43. The number of piperidine rings is 1. The van der Waals surface area contributed by atoms with E-state index < -0.39 is 77.6 Å². The van der Waals surface area contributed by atoms with E-state index in [2.05, 4.69) is 10.2 Å². The number of carbonyl (C=O) groups is 3. The zero-order valence-electron chi connectivity index (χ0n) is 28.5. The SMILES string of the molecule is COc1cccc2c1C(=O)c1c(O)c3c(c(O)c1C2=O)C[C@@](O)(C(=O)N1C2CNCC1C2)C[C@@H]3O[C@H]1C[C@H]2[C@H](O[C@@H]3[C@@H](OC)OCCN32)[C@H](C)O1. The Bertz CT molecular complexity index is 1820. The van der Waals surface area contributed by atoms with Gasteiger partial charge in [-0.1, -0.05) is 12.1 Å². The number of benzene rings is 2. The van der Waals surface area contributed by atoms with Crippen LogP contribution < -0.4 is 10.1 Å². The summed E-state index contributed by atoms with van der Waals surface area (Å²) >= 11 is 0. The monoisotopic (exact) mass is 707 g/mol. The van der Waals surface area contributed by atoms with Crippen molar-refractivity contribution in [2.45, 2.75) is 93.5 Å². The topological polar surface area (TPSA) is 186 Å². The van der Waals surface area contributed by atoms with Gasteiger partial charge in [-0.2, -0.15) is 0 Å². The van der Waals surface area contributed by atoms with Gasteiger partial charge in [0, 0.05) is 80.8 Å². The number of nitrogens with one attached hydrogen (secondary N) is 1. The Balaban J connectivity index is 1.12. The number of phenolic OH excluding ortho intramolecular Hbond substituents is 2. The number of nitrogens with zero attached hydrogens (tertiary/aromatic N) is 2. The lowest BCUT2D eigenvalue weighted by Gasteiger charge is -2.55. The highest BCUT2D eigenvalue weighted by Gasteiger charge is 2.57. The molecule has 15 nitrogen and oxygen atoms in total. The summed E-state index contributed by atoms with van der Waals surface area (Å²) in [6.45, 7) is 4.10. The molecule has 272 valence electrons. The van der Waals surface area contributed by atoms with Gasteiger partial charge in [-0.15, -0.1) is 0 Å². The number of morpholine rings is 1. The van der Waals surface area contributed by atoms with E-state index in [1.807, 2.05) is 6.92 Å². The second-order valence-electron chi connectivity index (χ2n) is 14.6. The van der Waals surface area contributed by atoms with Crippen LogP contribution in [0.2, 0.25) is 0 Å². The molecule has 2 aromatic rings. The minimum Gasteiger partial charge on any atom is -0.507 e. The van der Waals surface area contributed by atoms with Gasteiger partial charge in [0.05, 0.1) is 42.6 Å². The van der Waals surface area contributed by atoms with Crippen molar-refractivity contribution in [3.63, 3.8) is 0 Å². The number of ketones is 2. The highest BCUT2D eigenvalue weighted by Crippen LogP contribution is 2.53. The van der Waals surface area contributed by atoms with Crippen LogP contribution in [0.25, 0.3) is 0 Å². The number of rotatable bonds is 5. The summed E-state index contributed by atoms with van der Waals surface area (Å²) in [5, 5.41) is 39.5. The third-order valence-electron chi connectivity index (χ3n) is 11.9. The van der Waals surface area contributed by atoms with Crippen molar-refractivity contribution in [2.24, 2.45) is 0 Å². The van der Waals surface area contributed by atoms with Crippen molar-refractivity contribution in [3.8, 4) is 17.2 Å². The number of piperazine rings is 1. The number of carbonyl (C=O) groups excluding carboxylic acids is 3. The molecular formula is C36H41N3O12. The maximum Gasteiger partial charge on any atom is 0.255 e. The number of fused-ring (bicyclic) bond motifs is 8. The van der Waals surface area contributed by atoms with Gasteiger partial charge < -0.3 is 54.0 Å². The van der Waals surface area contributed by atoms with Crippen molar-refractivity contribution >= 4 is 17.5 Å². The molecule has 15 heteroatoms. The van der Waals surface area contributed by atoms with E-state index in [1.165, 1.54) is 19.2 Å². The van der Waals surface area contributed by atoms with Crippen molar-refractivity contribution in [1.29, 1.82) is 0 Å². The summed E-state index contributed by atoms with van der Waals surface area (Å²) in [5.41, 5.74) is -2.87. The maximum atomic E-state index is 14.3. The van der Waals surface area contributed by atoms with Crippen LogP contribution in [0.15, 0.2) is 18.2 Å². The second-order valence-corrected chi connectivity index (χ2v) is 14.6. The first kappa shape index (κ1) is 33.2. The Morgan fingerprint density at radius 1 is 1.02 bits per heavy atom. The largest absolute Gasteiger partial charge is 0.507 e. The average molecular weight is 708 g/mol. The van der Waals surface area contributed by atoms with Crippen LogP contribution in [-0.2, 0) is 34.9 Å². The van der Waals surface area contributed by atoms with E-state index in [-0.39, 0.29) is 64.2 Å². The third-order valence-corrected chi connectivity index (χ3v) is 11.9. The van der Waals surface area contributed by atoms with E-state index in [4.69, 9.17) is 28.4 Å². The number of hydrogen-bond acceptors (Lipinski definition) is 14. The Morgan fingerprint density at radius 2 is 1.78 bits per heavy atom. The molecule has 9 rings (SSSR count). The normalized spacial score (nSPS) is 36.7. The van der Waals surface area contributed by atoms with Gasteiger partial charge in [-0.25, -0.2) is 0 Å². The molecule has 0 radical (unpaired) electrons. The van der Waals surface area contributed by atoms with E-state index in [1.54, 1.807) is 18.1 Å². The number of amides is 1. The van der Waals surface area contributed by atoms with Gasteiger partial charge >= 0.3 is 0 Å². The highest BCUT2D eigenvalue weighted by atomic mass is 16.7. The molecule has 2 aromatic carbocycles. The van der Waals surface area contributed by atoms with Crippen LogP contribution in [0.5, 0.6) is 17.2 Å². The summed E-state index contributed by atoms with van der Waals surface area (Å²) in [6, 6.07) is 4.24. The molecule has 2 bridgehead atoms. The summed E-state index contributed by atoms with van der Waals surface area (Å²) in [7, 11) is 2.93. The molecule has 7 aliphatic rings. The molecule has 1 amide bonds. The first-order valence-electron chi connectivity index (χ1n) is 17.5. The van der Waals surface area contributed by atoms with Crippen LogP contribution in [0.3, 0.4) is 0 Å². The van der Waals surface area contributed by atoms with Gasteiger partial charge in [-0.05, 0) is 19.4 Å². The Kier molecular flexibility index (Phi) is 7.76. The molecule has 0 aromatic heterocycles. The van der Waals surface area contributed by atoms with Gasteiger partial charge in [-0.3, -0.25) is 19.3 Å². The number of aliphatic hydroxyl groups is 1. The number of aromatic hydroxyl groups is 2. The van der Waals surface area contributed by atoms with Crippen molar-refractivity contribution < 1.29 is 58.1 Å². The Morgan fingerprint density at radius 3 is 2.51 bits per heavy atom. The fourth-order valence-corrected chi connectivity index (χ4v) is 9.55. The number of ether oxygens (including phenoxy) is 6. The lowest BCUT2D eigenvalue weighted by atomic mass is 9.71. The van der Waals surface area contributed by atoms with Crippen LogP contribution in [0.4, 0.5) is 0 Å². The first-order valence-corrected chi connectivity index (χ1v) is 17.5. The lowest BCUT2D eigenvalue weighted by molar-refractivity contribution is -0.256.